The summed E-state index contributed by atoms with van der Waals surface area (Å²) >= 11 is 5.49. The highest BCUT2D eigenvalue weighted by atomic mass is 32.1. The smallest absolute Gasteiger partial charge is 0.169 e. The monoisotopic (exact) mass is 226 g/mol. The van der Waals surface area contributed by atoms with Gasteiger partial charge in [-0.2, -0.15) is 0 Å². The maximum Gasteiger partial charge on any atom is 0.169 e. The van der Waals surface area contributed by atoms with Crippen molar-refractivity contribution in [3.8, 4) is 0 Å². The second-order valence-corrected chi connectivity index (χ2v) is 5.36. The molecule has 0 aromatic rings. The van der Waals surface area contributed by atoms with Crippen LogP contribution in [0.2, 0.25) is 0 Å². The second kappa shape index (κ2) is 5.15. The van der Waals surface area contributed by atoms with Crippen LogP contribution in [0.5, 0.6) is 0 Å². The van der Waals surface area contributed by atoms with Crippen molar-refractivity contribution in [2.75, 3.05) is 6.54 Å². The van der Waals surface area contributed by atoms with Crippen molar-refractivity contribution in [3.63, 3.8) is 0 Å². The first-order chi connectivity index (χ1) is 7.27. The average molecular weight is 226 g/mol. The predicted molar refractivity (Wildman–Crippen MR) is 68.0 cm³/mol. The average Bonchev–Trinajstić information content (AvgIpc) is 2.66. The Kier molecular flexibility index (Phi) is 3.84. The van der Waals surface area contributed by atoms with Gasteiger partial charge in [0.2, 0.25) is 0 Å². The zero-order chi connectivity index (χ0) is 10.7. The molecule has 2 fully saturated rings. The molecule has 0 aromatic carbocycles. The summed E-state index contributed by atoms with van der Waals surface area (Å²) in [4.78, 5) is 2.37. The summed E-state index contributed by atoms with van der Waals surface area (Å²) in [6, 6.07) is 1.30. The van der Waals surface area contributed by atoms with E-state index in [1.807, 2.05) is 0 Å². The maximum atomic E-state index is 5.49. The van der Waals surface area contributed by atoms with Gasteiger partial charge in [0, 0.05) is 18.6 Å². The van der Waals surface area contributed by atoms with Crippen LogP contribution in [0.3, 0.4) is 0 Å². The minimum atomic E-state index is 0.647. The van der Waals surface area contributed by atoms with Crippen LogP contribution in [-0.2, 0) is 0 Å². The van der Waals surface area contributed by atoms with Gasteiger partial charge in [-0.25, -0.2) is 0 Å². The quantitative estimate of drug-likeness (QED) is 0.692. The van der Waals surface area contributed by atoms with Crippen LogP contribution < -0.4 is 5.32 Å². The van der Waals surface area contributed by atoms with Gasteiger partial charge in [-0.3, -0.25) is 0 Å². The van der Waals surface area contributed by atoms with Gasteiger partial charge < -0.3 is 10.2 Å². The van der Waals surface area contributed by atoms with Crippen LogP contribution in [-0.4, -0.2) is 28.6 Å². The normalized spacial score (nSPS) is 28.1. The van der Waals surface area contributed by atoms with E-state index in [1.165, 1.54) is 44.9 Å². The Balaban J connectivity index is 1.80. The van der Waals surface area contributed by atoms with Crippen molar-refractivity contribution >= 4 is 17.3 Å². The Morgan fingerprint density at radius 2 is 1.87 bits per heavy atom. The molecule has 1 aliphatic carbocycles. The summed E-state index contributed by atoms with van der Waals surface area (Å²) in [5.74, 6) is 0. The van der Waals surface area contributed by atoms with Gasteiger partial charge in [0.25, 0.3) is 0 Å². The SMILES string of the molecule is CC1CCCN1C(=S)NC1CCCCC1. The largest absolute Gasteiger partial charge is 0.360 e. The Bertz CT molecular complexity index is 224. The van der Waals surface area contributed by atoms with Crippen LogP contribution in [0.25, 0.3) is 0 Å². The molecule has 0 amide bonds. The third-order valence-electron chi connectivity index (χ3n) is 3.75. The molecule has 1 unspecified atom stereocenters. The molecular formula is C12H22N2S. The molecule has 3 heteroatoms. The van der Waals surface area contributed by atoms with E-state index in [9.17, 15) is 0 Å². The molecule has 0 radical (unpaired) electrons. The molecule has 1 heterocycles. The zero-order valence-electron chi connectivity index (χ0n) is 9.67. The molecule has 0 bridgehead atoms. The van der Waals surface area contributed by atoms with Gasteiger partial charge in [-0.05, 0) is 44.8 Å². The topological polar surface area (TPSA) is 15.3 Å². The van der Waals surface area contributed by atoms with Gasteiger partial charge >= 0.3 is 0 Å². The molecule has 1 N–H and O–H groups in total. The second-order valence-electron chi connectivity index (χ2n) is 4.97. The fourth-order valence-corrected chi connectivity index (χ4v) is 3.18. The lowest BCUT2D eigenvalue weighted by Crippen LogP contribution is -2.46. The summed E-state index contributed by atoms with van der Waals surface area (Å²) in [5.41, 5.74) is 0. The van der Waals surface area contributed by atoms with Crippen molar-refractivity contribution in [1.82, 2.24) is 10.2 Å². The lowest BCUT2D eigenvalue weighted by atomic mass is 9.96. The molecule has 2 rings (SSSR count). The number of likely N-dealkylation sites (tertiary alicyclic amines) is 1. The van der Waals surface area contributed by atoms with Gasteiger partial charge in [-0.15, -0.1) is 0 Å². The molecular weight excluding hydrogens is 204 g/mol. The first-order valence-corrected chi connectivity index (χ1v) is 6.75. The van der Waals surface area contributed by atoms with Crippen LogP contribution >= 0.6 is 12.2 Å². The Hall–Kier alpha value is -0.310. The van der Waals surface area contributed by atoms with Gasteiger partial charge in [0.15, 0.2) is 5.11 Å². The molecule has 2 aliphatic rings. The number of nitrogens with zero attached hydrogens (tertiary/aromatic N) is 1. The van der Waals surface area contributed by atoms with E-state index >= 15 is 0 Å². The molecule has 15 heavy (non-hydrogen) atoms. The molecule has 2 nitrogen and oxygen atoms in total. The first-order valence-electron chi connectivity index (χ1n) is 6.34. The number of rotatable bonds is 1. The molecule has 1 atom stereocenters. The fourth-order valence-electron chi connectivity index (χ4n) is 2.74. The Morgan fingerprint density at radius 1 is 1.13 bits per heavy atom. The van der Waals surface area contributed by atoms with Crippen molar-refractivity contribution < 1.29 is 0 Å². The van der Waals surface area contributed by atoms with Crippen LogP contribution in [0.4, 0.5) is 0 Å². The Morgan fingerprint density at radius 3 is 2.47 bits per heavy atom. The van der Waals surface area contributed by atoms with E-state index in [-0.39, 0.29) is 0 Å². The van der Waals surface area contributed by atoms with E-state index in [4.69, 9.17) is 12.2 Å². The van der Waals surface area contributed by atoms with Crippen molar-refractivity contribution in [2.24, 2.45) is 0 Å². The highest BCUT2D eigenvalue weighted by molar-refractivity contribution is 7.80. The summed E-state index contributed by atoms with van der Waals surface area (Å²) < 4.78 is 0. The van der Waals surface area contributed by atoms with Gasteiger partial charge in [0.05, 0.1) is 0 Å². The third kappa shape index (κ3) is 2.83. The lowest BCUT2D eigenvalue weighted by Gasteiger charge is -2.30. The molecule has 0 spiro atoms. The highest BCUT2D eigenvalue weighted by Crippen LogP contribution is 2.20. The van der Waals surface area contributed by atoms with E-state index in [0.29, 0.717) is 12.1 Å². The summed E-state index contributed by atoms with van der Waals surface area (Å²) in [7, 11) is 0. The minimum absolute atomic E-state index is 0.647. The van der Waals surface area contributed by atoms with E-state index in [1.54, 1.807) is 0 Å². The molecule has 1 saturated carbocycles. The van der Waals surface area contributed by atoms with E-state index < -0.39 is 0 Å². The standard InChI is InChI=1S/C12H22N2S/c1-10-6-5-9-14(10)12(15)13-11-7-3-2-4-8-11/h10-11H,2-9H2,1H3,(H,13,15). The highest BCUT2D eigenvalue weighted by Gasteiger charge is 2.24. The number of thiocarbonyl (C=S) groups is 1. The van der Waals surface area contributed by atoms with Crippen molar-refractivity contribution in [2.45, 2.75) is 64.0 Å². The fraction of sp³-hybridized carbons (Fsp3) is 0.917. The molecule has 1 aliphatic heterocycles. The molecule has 86 valence electrons. The zero-order valence-corrected chi connectivity index (χ0v) is 10.5. The molecule has 1 saturated heterocycles. The summed E-state index contributed by atoms with van der Waals surface area (Å²) in [6.45, 7) is 3.43. The summed E-state index contributed by atoms with van der Waals surface area (Å²) in [5, 5.41) is 4.55. The van der Waals surface area contributed by atoms with Crippen LogP contribution in [0, 0.1) is 0 Å². The van der Waals surface area contributed by atoms with Gasteiger partial charge in [-0.1, -0.05) is 19.3 Å². The number of hydrogen-bond acceptors (Lipinski definition) is 1. The van der Waals surface area contributed by atoms with Crippen LogP contribution in [0.1, 0.15) is 51.9 Å². The Labute approximate surface area is 98.4 Å². The maximum absolute atomic E-state index is 5.49. The third-order valence-corrected chi connectivity index (χ3v) is 4.10. The van der Waals surface area contributed by atoms with Crippen molar-refractivity contribution in [1.29, 1.82) is 0 Å². The minimum Gasteiger partial charge on any atom is -0.360 e. The van der Waals surface area contributed by atoms with E-state index in [2.05, 4.69) is 17.1 Å². The number of nitrogens with one attached hydrogen (secondary N) is 1. The first kappa shape index (κ1) is 11.2. The lowest BCUT2D eigenvalue weighted by molar-refractivity contribution is 0.368. The van der Waals surface area contributed by atoms with Gasteiger partial charge in [0.1, 0.15) is 0 Å². The number of hydrogen-bond donors (Lipinski definition) is 1. The van der Waals surface area contributed by atoms with Crippen LogP contribution in [0.15, 0.2) is 0 Å². The predicted octanol–water partition coefficient (Wildman–Crippen LogP) is 2.68. The molecule has 0 aromatic heterocycles. The van der Waals surface area contributed by atoms with E-state index in [0.717, 1.165) is 11.7 Å². The van der Waals surface area contributed by atoms with Crippen molar-refractivity contribution in [3.05, 3.63) is 0 Å². The summed E-state index contributed by atoms with van der Waals surface area (Å²) in [6.07, 6.45) is 9.36.